The molecule has 1 amide bonds. The van der Waals surface area contributed by atoms with Gasteiger partial charge in [-0.05, 0) is 47.5 Å². The molecule has 8 heteroatoms. The van der Waals surface area contributed by atoms with Crippen LogP contribution in [-0.4, -0.2) is 47.1 Å². The molecule has 0 unspecified atom stereocenters. The van der Waals surface area contributed by atoms with Gasteiger partial charge in [0.05, 0.1) is 40.6 Å². The summed E-state index contributed by atoms with van der Waals surface area (Å²) in [5, 5.41) is 0.857. The molecule has 0 atom stereocenters. The lowest BCUT2D eigenvalue weighted by atomic mass is 10.0. The molecule has 2 N–H and O–H groups in total. The smallest absolute Gasteiger partial charge is 0.254 e. The van der Waals surface area contributed by atoms with Crippen molar-refractivity contribution in [3.8, 4) is 11.1 Å². The minimum Gasteiger partial charge on any atom is -0.378 e. The van der Waals surface area contributed by atoms with Crippen LogP contribution in [0.5, 0.6) is 0 Å². The van der Waals surface area contributed by atoms with Gasteiger partial charge in [-0.25, -0.2) is 4.98 Å². The zero-order chi connectivity index (χ0) is 22.8. The summed E-state index contributed by atoms with van der Waals surface area (Å²) in [5.41, 5.74) is 10.3. The summed E-state index contributed by atoms with van der Waals surface area (Å²) in [6, 6.07) is 23.5. The van der Waals surface area contributed by atoms with E-state index in [2.05, 4.69) is 26.1 Å². The zero-order valence-corrected chi connectivity index (χ0v) is 19.4. The van der Waals surface area contributed by atoms with Crippen LogP contribution in [0.2, 0.25) is 0 Å². The molecule has 4 aromatic rings. The number of nitrogen functional groups attached to an aromatic ring is 1. The monoisotopic (exact) mass is 503 g/mol. The summed E-state index contributed by atoms with van der Waals surface area (Å²) in [6.45, 7) is 2.43. The number of carbonyl (C=O) groups is 1. The van der Waals surface area contributed by atoms with Crippen LogP contribution in [0.1, 0.15) is 10.4 Å². The highest BCUT2D eigenvalue weighted by Crippen LogP contribution is 2.35. The number of hydrogen-bond acceptors (Lipinski definition) is 6. The van der Waals surface area contributed by atoms with Crippen LogP contribution in [0.15, 0.2) is 72.8 Å². The molecule has 0 radical (unpaired) electrons. The Morgan fingerprint density at radius 3 is 2.36 bits per heavy atom. The van der Waals surface area contributed by atoms with Gasteiger partial charge in [-0.3, -0.25) is 8.72 Å². The molecule has 1 aromatic heterocycles. The molecule has 3 aromatic carbocycles. The first-order valence-corrected chi connectivity index (χ1v) is 11.4. The van der Waals surface area contributed by atoms with Crippen molar-refractivity contribution in [1.29, 1.82) is 0 Å². The van der Waals surface area contributed by atoms with E-state index in [1.807, 2.05) is 81.6 Å². The number of halogens is 1. The normalized spacial score (nSPS) is 13.8. The summed E-state index contributed by atoms with van der Waals surface area (Å²) < 4.78 is 7.16. The van der Waals surface area contributed by atoms with Gasteiger partial charge < -0.3 is 15.4 Å². The Kier molecular flexibility index (Phi) is 5.93. The topological polar surface area (TPSA) is 84.6 Å². The fraction of sp³-hybridized carbons (Fsp3) is 0.160. The Labute approximate surface area is 200 Å². The second kappa shape index (κ2) is 9.17. The number of carbonyl (C=O) groups excluding carboxylic acids is 1. The molecule has 0 aliphatic carbocycles. The maximum absolute atomic E-state index is 12.7. The van der Waals surface area contributed by atoms with E-state index in [0.29, 0.717) is 37.7 Å². The van der Waals surface area contributed by atoms with Gasteiger partial charge in [-0.15, -0.1) is 0 Å². The number of benzene rings is 3. The molecule has 0 spiro atoms. The van der Waals surface area contributed by atoms with E-state index in [1.54, 1.807) is 0 Å². The van der Waals surface area contributed by atoms with Crippen LogP contribution in [0, 0.1) is 0 Å². The average molecular weight is 504 g/mol. The number of ether oxygens (including phenoxy) is 1. The van der Waals surface area contributed by atoms with Crippen LogP contribution in [-0.2, 0) is 4.74 Å². The highest BCUT2D eigenvalue weighted by atomic mass is 79.9. The molecule has 1 fully saturated rings. The molecular formula is C25H22BrN5O2. The Hall–Kier alpha value is -3.49. The molecule has 1 saturated heterocycles. The number of hydrogen-bond donors (Lipinski definition) is 1. The second-order valence-electron chi connectivity index (χ2n) is 7.74. The summed E-state index contributed by atoms with van der Waals surface area (Å²) in [7, 11) is 0. The van der Waals surface area contributed by atoms with Crippen molar-refractivity contribution in [2.75, 3.05) is 36.0 Å². The lowest BCUT2D eigenvalue weighted by Gasteiger charge is -2.26. The molecule has 1 aliphatic heterocycles. The highest BCUT2D eigenvalue weighted by Gasteiger charge is 2.19. The number of anilines is 3. The van der Waals surface area contributed by atoms with Gasteiger partial charge in [-0.2, -0.15) is 4.98 Å². The number of aromatic nitrogens is 2. The van der Waals surface area contributed by atoms with E-state index in [0.717, 1.165) is 27.7 Å². The van der Waals surface area contributed by atoms with Crippen molar-refractivity contribution in [3.05, 3.63) is 78.4 Å². The Morgan fingerprint density at radius 1 is 0.939 bits per heavy atom. The summed E-state index contributed by atoms with van der Waals surface area (Å²) in [4.78, 5) is 23.5. The first-order chi connectivity index (χ1) is 16.1. The SMILES string of the molecule is Nc1nc(N(Br)c2ccccc2)c2cc(-c3ccc(C(=O)N4CCOCC4)cc3)ccc2n1. The molecule has 0 saturated carbocycles. The van der Waals surface area contributed by atoms with Gasteiger partial charge in [0, 0.05) is 24.0 Å². The third-order valence-electron chi connectivity index (χ3n) is 5.63. The number of amides is 1. The predicted octanol–water partition coefficient (Wildman–Crippen LogP) is 4.80. The maximum atomic E-state index is 12.7. The molecule has 5 rings (SSSR count). The Morgan fingerprint density at radius 2 is 1.64 bits per heavy atom. The largest absolute Gasteiger partial charge is 0.378 e. The summed E-state index contributed by atoms with van der Waals surface area (Å²) >= 11 is 3.63. The first-order valence-electron chi connectivity index (χ1n) is 10.7. The van der Waals surface area contributed by atoms with Gasteiger partial charge in [0.2, 0.25) is 5.95 Å². The highest BCUT2D eigenvalue weighted by molar-refractivity contribution is 9.10. The van der Waals surface area contributed by atoms with E-state index < -0.39 is 0 Å². The number of para-hydroxylation sites is 1. The van der Waals surface area contributed by atoms with Crippen LogP contribution < -0.4 is 9.66 Å². The quantitative estimate of drug-likeness (QED) is 0.402. The van der Waals surface area contributed by atoms with Crippen molar-refractivity contribution in [2.45, 2.75) is 0 Å². The Bertz CT molecular complexity index is 1290. The number of rotatable bonds is 4. The van der Waals surface area contributed by atoms with Crippen LogP contribution >= 0.6 is 16.1 Å². The maximum Gasteiger partial charge on any atom is 0.254 e. The van der Waals surface area contributed by atoms with Gasteiger partial charge in [0.25, 0.3) is 5.91 Å². The number of morpholine rings is 1. The predicted molar refractivity (Wildman–Crippen MR) is 134 cm³/mol. The molecule has 7 nitrogen and oxygen atoms in total. The van der Waals surface area contributed by atoms with E-state index in [4.69, 9.17) is 10.5 Å². The molecule has 166 valence electrons. The van der Waals surface area contributed by atoms with E-state index in [9.17, 15) is 4.79 Å². The second-order valence-corrected chi connectivity index (χ2v) is 8.44. The van der Waals surface area contributed by atoms with Crippen LogP contribution in [0.3, 0.4) is 0 Å². The number of fused-ring (bicyclic) bond motifs is 1. The minimum absolute atomic E-state index is 0.0346. The molecule has 1 aliphatic rings. The van der Waals surface area contributed by atoms with Crippen molar-refractivity contribution in [2.24, 2.45) is 0 Å². The minimum atomic E-state index is 0.0346. The van der Waals surface area contributed by atoms with Gasteiger partial charge >= 0.3 is 0 Å². The fourth-order valence-corrected chi connectivity index (χ4v) is 4.40. The van der Waals surface area contributed by atoms with E-state index >= 15 is 0 Å². The third kappa shape index (κ3) is 4.40. The molecule has 2 heterocycles. The fourth-order valence-electron chi connectivity index (χ4n) is 3.89. The Balaban J connectivity index is 1.49. The van der Waals surface area contributed by atoms with E-state index in [-0.39, 0.29) is 11.9 Å². The lowest BCUT2D eigenvalue weighted by Crippen LogP contribution is -2.40. The molecular weight excluding hydrogens is 482 g/mol. The standard InChI is InChI=1S/C25H22BrN5O2/c26-31(20-4-2-1-3-5-20)23-21-16-19(10-11-22(21)28-25(27)29-23)17-6-8-18(9-7-17)24(32)30-12-14-33-15-13-30/h1-11,16H,12-15H2,(H2,27,28,29). The summed E-state index contributed by atoms with van der Waals surface area (Å²) in [6.07, 6.45) is 0. The zero-order valence-electron chi connectivity index (χ0n) is 17.8. The van der Waals surface area contributed by atoms with Crippen molar-refractivity contribution < 1.29 is 9.53 Å². The average Bonchev–Trinajstić information content (AvgIpc) is 2.88. The lowest BCUT2D eigenvalue weighted by molar-refractivity contribution is 0.0303. The summed E-state index contributed by atoms with van der Waals surface area (Å²) in [5.74, 6) is 0.897. The van der Waals surface area contributed by atoms with Gasteiger partial charge in [-0.1, -0.05) is 36.4 Å². The number of nitrogens with zero attached hydrogens (tertiary/aromatic N) is 4. The van der Waals surface area contributed by atoms with Crippen LogP contribution in [0.4, 0.5) is 17.5 Å². The van der Waals surface area contributed by atoms with Crippen LogP contribution in [0.25, 0.3) is 22.0 Å². The molecule has 33 heavy (non-hydrogen) atoms. The van der Waals surface area contributed by atoms with Gasteiger partial charge in [0.1, 0.15) is 0 Å². The van der Waals surface area contributed by atoms with Crippen molar-refractivity contribution >= 4 is 50.4 Å². The third-order valence-corrected chi connectivity index (χ3v) is 6.37. The van der Waals surface area contributed by atoms with Crippen molar-refractivity contribution in [1.82, 2.24) is 14.9 Å². The number of nitrogens with two attached hydrogens (primary N) is 1. The van der Waals surface area contributed by atoms with Crippen molar-refractivity contribution in [3.63, 3.8) is 0 Å². The molecule has 0 bridgehead atoms. The van der Waals surface area contributed by atoms with E-state index in [1.165, 1.54) is 0 Å². The first kappa shape index (κ1) is 21.4. The van der Waals surface area contributed by atoms with Gasteiger partial charge in [0.15, 0.2) is 5.82 Å².